The van der Waals surface area contributed by atoms with Crippen LogP contribution < -0.4 is 4.31 Å². The quantitative estimate of drug-likeness (QED) is 0.629. The Balaban J connectivity index is 3.10. The minimum Gasteiger partial charge on any atom is -0.289 e. The van der Waals surface area contributed by atoms with Crippen molar-refractivity contribution in [3.05, 3.63) is 42.5 Å². The Morgan fingerprint density at radius 1 is 1.40 bits per heavy atom. The summed E-state index contributed by atoms with van der Waals surface area (Å²) >= 11 is -2.38. The average Bonchev–Trinajstić information content (AvgIpc) is 2.18. The molecule has 0 saturated heterocycles. The van der Waals surface area contributed by atoms with Crippen LogP contribution in [0.2, 0.25) is 0 Å². The van der Waals surface area contributed by atoms with Gasteiger partial charge < -0.3 is 0 Å². The third-order valence-electron chi connectivity index (χ3n) is 1.70. The summed E-state index contributed by atoms with van der Waals surface area (Å²) in [5.41, 5.74) is 0.576. The normalized spacial score (nSPS) is 11.9. The van der Waals surface area contributed by atoms with Crippen molar-refractivity contribution in [2.75, 3.05) is 4.31 Å². The molecule has 1 amide bonds. The topological polar surface area (TPSA) is 57.6 Å². The van der Waals surface area contributed by atoms with Gasteiger partial charge in [0.15, 0.2) is 0 Å². The van der Waals surface area contributed by atoms with Gasteiger partial charge in [-0.15, -0.1) is 0 Å². The number of hydrogen-bond acceptors (Lipinski definition) is 2. The van der Waals surface area contributed by atoms with E-state index >= 15 is 0 Å². The molecule has 0 aliphatic rings. The lowest BCUT2D eigenvalue weighted by molar-refractivity contribution is -0.114. The van der Waals surface area contributed by atoms with E-state index in [-0.39, 0.29) is 5.57 Å². The highest BCUT2D eigenvalue weighted by atomic mass is 32.2. The van der Waals surface area contributed by atoms with E-state index in [9.17, 15) is 9.00 Å². The van der Waals surface area contributed by atoms with Crippen LogP contribution in [0.3, 0.4) is 0 Å². The Morgan fingerprint density at radius 3 is 2.33 bits per heavy atom. The van der Waals surface area contributed by atoms with Gasteiger partial charge in [0, 0.05) is 5.57 Å². The van der Waals surface area contributed by atoms with Gasteiger partial charge in [-0.1, -0.05) is 24.8 Å². The highest BCUT2D eigenvalue weighted by Crippen LogP contribution is 2.16. The summed E-state index contributed by atoms with van der Waals surface area (Å²) in [7, 11) is 0. The third kappa shape index (κ3) is 2.74. The van der Waals surface area contributed by atoms with Gasteiger partial charge in [-0.3, -0.25) is 9.35 Å². The fourth-order valence-corrected chi connectivity index (χ4v) is 1.61. The van der Waals surface area contributed by atoms with Gasteiger partial charge in [-0.05, 0) is 19.1 Å². The molecule has 1 unspecified atom stereocenters. The fourth-order valence-electron chi connectivity index (χ4n) is 1.02. The Hall–Kier alpha value is -1.46. The van der Waals surface area contributed by atoms with E-state index in [0.29, 0.717) is 5.69 Å². The first kappa shape index (κ1) is 11.6. The maximum absolute atomic E-state index is 11.6. The van der Waals surface area contributed by atoms with E-state index in [4.69, 9.17) is 4.55 Å². The summed E-state index contributed by atoms with van der Waals surface area (Å²) in [6, 6.07) is 8.28. The average molecular weight is 225 g/mol. The molecule has 1 N–H and O–H groups in total. The Labute approximate surface area is 90.6 Å². The summed E-state index contributed by atoms with van der Waals surface area (Å²) in [5.74, 6) is -0.568. The first-order valence-corrected chi connectivity index (χ1v) is 5.26. The van der Waals surface area contributed by atoms with Gasteiger partial charge in [0.2, 0.25) is 0 Å². The zero-order valence-corrected chi connectivity index (χ0v) is 9.03. The van der Waals surface area contributed by atoms with Crippen molar-refractivity contribution in [1.82, 2.24) is 0 Å². The molecule has 0 fully saturated rings. The molecule has 0 aromatic heterocycles. The molecule has 4 nitrogen and oxygen atoms in total. The zero-order valence-electron chi connectivity index (χ0n) is 8.21. The maximum atomic E-state index is 11.6. The molecular formula is C10H11NO3S. The minimum absolute atomic E-state index is 0.209. The number of rotatable bonds is 3. The summed E-state index contributed by atoms with van der Waals surface area (Å²) in [4.78, 5) is 11.6. The van der Waals surface area contributed by atoms with Crippen LogP contribution in [0, 0.1) is 0 Å². The van der Waals surface area contributed by atoms with Crippen molar-refractivity contribution in [3.8, 4) is 0 Å². The molecule has 80 valence electrons. The number of anilines is 1. The Bertz CT molecular complexity index is 402. The molecule has 0 saturated carbocycles. The molecule has 0 radical (unpaired) electrons. The Morgan fingerprint density at radius 2 is 1.93 bits per heavy atom. The molecule has 1 atom stereocenters. The zero-order chi connectivity index (χ0) is 11.4. The van der Waals surface area contributed by atoms with Crippen LogP contribution >= 0.6 is 0 Å². The summed E-state index contributed by atoms with van der Waals surface area (Å²) in [6.07, 6.45) is 0. The number of benzene rings is 1. The maximum Gasteiger partial charge on any atom is 0.269 e. The number of carbonyl (C=O) groups is 1. The van der Waals surface area contributed by atoms with Gasteiger partial charge >= 0.3 is 0 Å². The van der Waals surface area contributed by atoms with Crippen molar-refractivity contribution in [1.29, 1.82) is 0 Å². The van der Waals surface area contributed by atoms with E-state index in [1.807, 2.05) is 0 Å². The van der Waals surface area contributed by atoms with Crippen LogP contribution in [0.1, 0.15) is 6.92 Å². The van der Waals surface area contributed by atoms with Gasteiger partial charge in [-0.2, -0.15) is 0 Å². The largest absolute Gasteiger partial charge is 0.289 e. The number of amides is 1. The van der Waals surface area contributed by atoms with Crippen molar-refractivity contribution in [3.63, 3.8) is 0 Å². The van der Waals surface area contributed by atoms with Crippen LogP contribution in [0.5, 0.6) is 0 Å². The highest BCUT2D eigenvalue weighted by Gasteiger charge is 2.20. The lowest BCUT2D eigenvalue weighted by Crippen LogP contribution is -2.32. The molecule has 5 heteroatoms. The molecule has 1 aromatic carbocycles. The predicted octanol–water partition coefficient (Wildman–Crippen LogP) is 1.73. The molecule has 15 heavy (non-hydrogen) atoms. The standard InChI is InChI=1S/C10H11NO3S/c1-8(2)10(12)11(15(13)14)9-6-4-3-5-7-9/h3-7H,1H2,2H3,(H,13,14). The van der Waals surface area contributed by atoms with Crippen LogP contribution in [0.15, 0.2) is 42.5 Å². The second-order valence-electron chi connectivity index (χ2n) is 2.95. The molecular weight excluding hydrogens is 214 g/mol. The molecule has 0 aliphatic heterocycles. The molecule has 0 spiro atoms. The van der Waals surface area contributed by atoms with E-state index in [1.165, 1.54) is 6.92 Å². The number of para-hydroxylation sites is 1. The monoisotopic (exact) mass is 225 g/mol. The van der Waals surface area contributed by atoms with Crippen LogP contribution in [0.25, 0.3) is 0 Å². The van der Waals surface area contributed by atoms with Crippen LogP contribution in [-0.2, 0) is 16.1 Å². The van der Waals surface area contributed by atoms with Crippen molar-refractivity contribution in [2.45, 2.75) is 6.92 Å². The molecule has 1 aromatic rings. The SMILES string of the molecule is C=C(C)C(=O)N(c1ccccc1)S(=O)O. The van der Waals surface area contributed by atoms with Gasteiger partial charge in [0.1, 0.15) is 0 Å². The minimum atomic E-state index is -2.38. The highest BCUT2D eigenvalue weighted by molar-refractivity contribution is 7.81. The van der Waals surface area contributed by atoms with E-state index in [0.717, 1.165) is 4.31 Å². The smallest absolute Gasteiger partial charge is 0.269 e. The van der Waals surface area contributed by atoms with E-state index in [1.54, 1.807) is 30.3 Å². The lowest BCUT2D eigenvalue weighted by Gasteiger charge is -2.17. The van der Waals surface area contributed by atoms with E-state index < -0.39 is 17.2 Å². The predicted molar refractivity (Wildman–Crippen MR) is 59.5 cm³/mol. The number of carbonyl (C=O) groups excluding carboxylic acids is 1. The molecule has 0 aliphatic carbocycles. The lowest BCUT2D eigenvalue weighted by atomic mass is 10.3. The van der Waals surface area contributed by atoms with Crippen molar-refractivity contribution < 1.29 is 13.6 Å². The first-order chi connectivity index (χ1) is 7.04. The van der Waals surface area contributed by atoms with E-state index in [2.05, 4.69) is 6.58 Å². The second-order valence-corrected chi connectivity index (χ2v) is 3.77. The molecule has 0 heterocycles. The number of hydrogen-bond donors (Lipinski definition) is 1. The fraction of sp³-hybridized carbons (Fsp3) is 0.100. The summed E-state index contributed by atoms with van der Waals surface area (Å²) < 4.78 is 20.8. The van der Waals surface area contributed by atoms with Crippen molar-refractivity contribution in [2.24, 2.45) is 0 Å². The van der Waals surface area contributed by atoms with Gasteiger partial charge in [0.05, 0.1) is 5.69 Å². The third-order valence-corrected chi connectivity index (χ3v) is 2.39. The summed E-state index contributed by atoms with van der Waals surface area (Å²) in [6.45, 7) is 4.94. The van der Waals surface area contributed by atoms with Gasteiger partial charge in [0.25, 0.3) is 17.2 Å². The molecule has 1 rings (SSSR count). The van der Waals surface area contributed by atoms with Gasteiger partial charge in [-0.25, -0.2) is 8.51 Å². The van der Waals surface area contributed by atoms with Crippen molar-refractivity contribution >= 4 is 22.9 Å². The first-order valence-electron chi connectivity index (χ1n) is 4.20. The molecule has 0 bridgehead atoms. The summed E-state index contributed by atoms with van der Waals surface area (Å²) in [5, 5.41) is 0. The second kappa shape index (κ2) is 4.86. The van der Waals surface area contributed by atoms with Crippen LogP contribution in [0.4, 0.5) is 5.69 Å². The Kier molecular flexibility index (Phi) is 3.76. The van der Waals surface area contributed by atoms with Crippen LogP contribution in [-0.4, -0.2) is 14.7 Å². The number of nitrogens with zero attached hydrogens (tertiary/aromatic N) is 1.